The Morgan fingerprint density at radius 1 is 0.882 bits per heavy atom. The maximum Gasteiger partial charge on any atom is 0.283 e. The Hall–Kier alpha value is -3.47. The van der Waals surface area contributed by atoms with Gasteiger partial charge >= 0.3 is 0 Å². The minimum atomic E-state index is -3.96. The highest BCUT2D eigenvalue weighted by atomic mass is 35.5. The van der Waals surface area contributed by atoms with E-state index in [-0.39, 0.29) is 32.3 Å². The Bertz CT molecular complexity index is 1440. The van der Waals surface area contributed by atoms with Crippen molar-refractivity contribution < 1.29 is 18.0 Å². The SMILES string of the molecule is Cc1cc(C)nc(NS(=O)(=O)c2ccc(NC3=C(Cl)C(=O)N(c4ccccc4Cl)C3=O)cc2)n1. The fourth-order valence-electron chi connectivity index (χ4n) is 3.28. The molecule has 9 nitrogen and oxygen atoms in total. The van der Waals surface area contributed by atoms with Crippen LogP contribution in [-0.4, -0.2) is 30.2 Å². The van der Waals surface area contributed by atoms with Gasteiger partial charge in [-0.15, -0.1) is 0 Å². The summed E-state index contributed by atoms with van der Waals surface area (Å²) < 4.78 is 27.7. The molecule has 4 rings (SSSR count). The van der Waals surface area contributed by atoms with Crippen molar-refractivity contribution in [1.29, 1.82) is 0 Å². The molecule has 0 bridgehead atoms. The van der Waals surface area contributed by atoms with E-state index in [0.29, 0.717) is 17.1 Å². The molecule has 0 saturated carbocycles. The number of carbonyl (C=O) groups excluding carboxylic acids is 2. The second-order valence-corrected chi connectivity index (χ2v) is 9.78. The number of sulfonamides is 1. The predicted molar refractivity (Wildman–Crippen MR) is 129 cm³/mol. The molecule has 0 fully saturated rings. The number of rotatable bonds is 6. The van der Waals surface area contributed by atoms with Crippen molar-refractivity contribution in [3.63, 3.8) is 0 Å². The molecule has 0 aliphatic carbocycles. The van der Waals surface area contributed by atoms with Gasteiger partial charge in [0.15, 0.2) is 0 Å². The van der Waals surface area contributed by atoms with Crippen molar-refractivity contribution >= 4 is 62.4 Å². The standard InChI is InChI=1S/C22H17Cl2N5O4S/c1-12-11-13(2)26-22(25-12)28-34(32,33)15-9-7-14(8-10-15)27-19-18(24)20(30)29(21(19)31)17-6-4-3-5-16(17)23/h3-11,27H,1-2H3,(H,25,26,28). The molecule has 34 heavy (non-hydrogen) atoms. The second kappa shape index (κ2) is 9.05. The van der Waals surface area contributed by atoms with Crippen molar-refractivity contribution in [3.8, 4) is 0 Å². The number of halogens is 2. The minimum Gasteiger partial charge on any atom is -0.350 e. The number of nitrogens with zero attached hydrogens (tertiary/aromatic N) is 3. The van der Waals surface area contributed by atoms with Gasteiger partial charge in [0.2, 0.25) is 5.95 Å². The topological polar surface area (TPSA) is 121 Å². The van der Waals surface area contributed by atoms with Crippen LogP contribution in [0.3, 0.4) is 0 Å². The van der Waals surface area contributed by atoms with E-state index >= 15 is 0 Å². The average Bonchev–Trinajstić information content (AvgIpc) is 2.97. The van der Waals surface area contributed by atoms with E-state index in [4.69, 9.17) is 23.2 Å². The van der Waals surface area contributed by atoms with E-state index in [1.54, 1.807) is 38.1 Å². The van der Waals surface area contributed by atoms with Crippen LogP contribution in [0.2, 0.25) is 5.02 Å². The van der Waals surface area contributed by atoms with Crippen molar-refractivity contribution in [2.75, 3.05) is 14.9 Å². The van der Waals surface area contributed by atoms with Crippen LogP contribution in [-0.2, 0) is 19.6 Å². The third-order valence-electron chi connectivity index (χ3n) is 4.76. The van der Waals surface area contributed by atoms with Gasteiger partial charge < -0.3 is 5.32 Å². The lowest BCUT2D eigenvalue weighted by Crippen LogP contribution is -2.32. The molecule has 12 heteroatoms. The number of para-hydroxylation sites is 1. The van der Waals surface area contributed by atoms with E-state index in [2.05, 4.69) is 20.0 Å². The van der Waals surface area contributed by atoms with Crippen molar-refractivity contribution in [2.24, 2.45) is 0 Å². The fourth-order valence-corrected chi connectivity index (χ4v) is 4.65. The first-order chi connectivity index (χ1) is 16.1. The largest absolute Gasteiger partial charge is 0.350 e. The number of amides is 2. The zero-order valence-electron chi connectivity index (χ0n) is 17.8. The first kappa shape index (κ1) is 23.7. The lowest BCUT2D eigenvalue weighted by atomic mass is 10.3. The highest BCUT2D eigenvalue weighted by Crippen LogP contribution is 2.34. The predicted octanol–water partition coefficient (Wildman–Crippen LogP) is 3.98. The van der Waals surface area contributed by atoms with Gasteiger partial charge in [-0.25, -0.2) is 28.0 Å². The van der Waals surface area contributed by atoms with Crippen LogP contribution in [0.15, 0.2) is 70.2 Å². The Labute approximate surface area is 205 Å². The van der Waals surface area contributed by atoms with Crippen molar-refractivity contribution in [1.82, 2.24) is 9.97 Å². The fraction of sp³-hybridized carbons (Fsp3) is 0.0909. The van der Waals surface area contributed by atoms with E-state index in [1.807, 2.05) is 0 Å². The Morgan fingerprint density at radius 2 is 1.50 bits per heavy atom. The van der Waals surface area contributed by atoms with Gasteiger partial charge in [0.1, 0.15) is 10.7 Å². The maximum atomic E-state index is 12.9. The summed E-state index contributed by atoms with van der Waals surface area (Å²) in [6.07, 6.45) is 0. The number of hydrogen-bond acceptors (Lipinski definition) is 7. The monoisotopic (exact) mass is 517 g/mol. The van der Waals surface area contributed by atoms with Crippen LogP contribution >= 0.6 is 23.2 Å². The lowest BCUT2D eigenvalue weighted by Gasteiger charge is -2.16. The summed E-state index contributed by atoms with van der Waals surface area (Å²) in [7, 11) is -3.96. The third kappa shape index (κ3) is 4.60. The minimum absolute atomic E-state index is 0.0358. The third-order valence-corrected chi connectivity index (χ3v) is 6.78. The lowest BCUT2D eigenvalue weighted by molar-refractivity contribution is -0.120. The molecule has 2 heterocycles. The number of aromatic nitrogens is 2. The Morgan fingerprint density at radius 3 is 2.12 bits per heavy atom. The number of anilines is 3. The van der Waals surface area contributed by atoms with Crippen LogP contribution in [0.1, 0.15) is 11.4 Å². The molecule has 0 atom stereocenters. The Kier molecular flexibility index (Phi) is 6.30. The second-order valence-electron chi connectivity index (χ2n) is 7.32. The molecule has 3 aromatic rings. The quantitative estimate of drug-likeness (QED) is 0.474. The highest BCUT2D eigenvalue weighted by Gasteiger charge is 2.39. The molecule has 1 aliphatic rings. The normalized spacial score (nSPS) is 14.1. The number of carbonyl (C=O) groups is 2. The number of aryl methyl sites for hydroxylation is 2. The summed E-state index contributed by atoms with van der Waals surface area (Å²) in [5.74, 6) is -1.45. The van der Waals surface area contributed by atoms with Gasteiger partial charge in [0, 0.05) is 17.1 Å². The van der Waals surface area contributed by atoms with Crippen molar-refractivity contribution in [3.05, 3.63) is 81.7 Å². The van der Waals surface area contributed by atoms with Crippen LogP contribution in [0.5, 0.6) is 0 Å². The maximum absolute atomic E-state index is 12.9. The van der Waals surface area contributed by atoms with Gasteiger partial charge in [-0.2, -0.15) is 0 Å². The molecule has 0 saturated heterocycles. The smallest absolute Gasteiger partial charge is 0.283 e. The molecular formula is C22H17Cl2N5O4S. The molecule has 0 unspecified atom stereocenters. The number of hydrogen-bond donors (Lipinski definition) is 2. The highest BCUT2D eigenvalue weighted by molar-refractivity contribution is 7.92. The average molecular weight is 518 g/mol. The summed E-state index contributed by atoms with van der Waals surface area (Å²) in [6.45, 7) is 3.46. The van der Waals surface area contributed by atoms with E-state index < -0.39 is 21.8 Å². The number of nitrogens with one attached hydrogen (secondary N) is 2. The first-order valence-electron chi connectivity index (χ1n) is 9.82. The van der Waals surface area contributed by atoms with Crippen LogP contribution < -0.4 is 14.9 Å². The van der Waals surface area contributed by atoms with Gasteiger partial charge in [-0.1, -0.05) is 35.3 Å². The summed E-state index contributed by atoms with van der Waals surface area (Å²) in [6, 6.07) is 13.6. The van der Waals surface area contributed by atoms with Gasteiger partial charge in [0.05, 0.1) is 15.6 Å². The molecule has 0 spiro atoms. The summed E-state index contributed by atoms with van der Waals surface area (Å²) in [5, 5.41) is 2.69. The van der Waals surface area contributed by atoms with Crippen LogP contribution in [0, 0.1) is 13.8 Å². The first-order valence-corrected chi connectivity index (χ1v) is 12.1. The molecular weight excluding hydrogens is 501 g/mol. The zero-order chi connectivity index (χ0) is 24.6. The number of imide groups is 1. The van der Waals surface area contributed by atoms with Gasteiger partial charge in [0.25, 0.3) is 21.8 Å². The summed E-state index contributed by atoms with van der Waals surface area (Å²) in [5.41, 5.74) is 1.64. The molecule has 2 amide bonds. The van der Waals surface area contributed by atoms with Gasteiger partial charge in [-0.05, 0) is 56.3 Å². The molecule has 1 aromatic heterocycles. The van der Waals surface area contributed by atoms with Gasteiger partial charge in [-0.3, -0.25) is 9.59 Å². The van der Waals surface area contributed by atoms with Crippen molar-refractivity contribution in [2.45, 2.75) is 18.7 Å². The van der Waals surface area contributed by atoms with E-state index in [1.165, 1.54) is 30.3 Å². The van der Waals surface area contributed by atoms with E-state index in [9.17, 15) is 18.0 Å². The Balaban J connectivity index is 1.54. The van der Waals surface area contributed by atoms with Crippen LogP contribution in [0.4, 0.5) is 17.3 Å². The van der Waals surface area contributed by atoms with Crippen LogP contribution in [0.25, 0.3) is 0 Å². The molecule has 2 N–H and O–H groups in total. The molecule has 174 valence electrons. The van der Waals surface area contributed by atoms with E-state index in [0.717, 1.165) is 4.90 Å². The summed E-state index contributed by atoms with van der Waals surface area (Å²) >= 11 is 12.3. The zero-order valence-corrected chi connectivity index (χ0v) is 20.2. The number of benzene rings is 2. The molecule has 1 aliphatic heterocycles. The molecule has 0 radical (unpaired) electrons. The molecule has 2 aromatic carbocycles. The summed E-state index contributed by atoms with van der Waals surface area (Å²) in [4.78, 5) is 34.5.